The van der Waals surface area contributed by atoms with Gasteiger partial charge >= 0.3 is 0 Å². The highest BCUT2D eigenvalue weighted by Crippen LogP contribution is 2.51. The van der Waals surface area contributed by atoms with Crippen molar-refractivity contribution >= 4 is 143 Å². The molecule has 0 bridgehead atoms. The molecule has 0 atom stereocenters. The van der Waals surface area contributed by atoms with Gasteiger partial charge in [0.15, 0.2) is 0 Å². The smallest absolute Gasteiger partial charge is 0.252 e. The number of nitrogens with zero attached hydrogens (tertiary/aromatic N) is 4. The Morgan fingerprint density at radius 3 is 1.45 bits per heavy atom. The van der Waals surface area contributed by atoms with Gasteiger partial charge < -0.3 is 18.4 Å². The molecule has 0 spiro atoms. The zero-order valence-electron chi connectivity index (χ0n) is 59.9. The standard InChI is InChI=1S/C90H71BN4/c1-88(2,3)58-38-44-77-70(48-58)71-49-59(89(4,5)6)39-45-78(71)92(77)62-51-73-72-50-60(90(7,8)9)40-46-79(72)95-82-53-81-83(69-33-22-32-68-66-30-19-17-28-64(66)63-27-16-18-29-65(63)67-31-20-21-34-76(67)94(81)85(68)69)87-84(82)91(75(52-62)86(73)95)74-43-37-57(55-25-14-11-15-26-55)47-80(74)93(87)61-41-35-56(36-42-61)54-23-12-10-13-24-54/h10-53H,1-9H3/i11D,14D,15D,25D,26D. The topological polar surface area (TPSA) is 17.5 Å². The second-order valence-corrected chi connectivity index (χ2v) is 29.7. The van der Waals surface area contributed by atoms with Crippen LogP contribution in [0.5, 0.6) is 0 Å². The van der Waals surface area contributed by atoms with Crippen LogP contribution in [0.25, 0.3) is 137 Å². The summed E-state index contributed by atoms with van der Waals surface area (Å²) in [6.07, 6.45) is 0. The van der Waals surface area contributed by atoms with Gasteiger partial charge in [0.05, 0.1) is 45.6 Å². The molecule has 4 aromatic heterocycles. The number of hydrogen-bond donors (Lipinski definition) is 0. The molecule has 6 heterocycles. The molecule has 0 aliphatic carbocycles. The summed E-state index contributed by atoms with van der Waals surface area (Å²) >= 11 is 0. The van der Waals surface area contributed by atoms with E-state index >= 15 is 0 Å². The molecule has 4 nitrogen and oxygen atoms in total. The maximum atomic E-state index is 9.58. The van der Waals surface area contributed by atoms with Crippen molar-refractivity contribution in [1.29, 1.82) is 0 Å². The Kier molecular flexibility index (Phi) is 10.6. The third-order valence-electron chi connectivity index (χ3n) is 21.1. The highest BCUT2D eigenvalue weighted by atomic mass is 15.2. The van der Waals surface area contributed by atoms with E-state index in [0.717, 1.165) is 138 Å². The van der Waals surface area contributed by atoms with Gasteiger partial charge in [-0.1, -0.05) is 250 Å². The largest absolute Gasteiger partial charge is 0.311 e. The summed E-state index contributed by atoms with van der Waals surface area (Å²) < 4.78 is 53.8. The van der Waals surface area contributed by atoms with E-state index in [1.807, 2.05) is 6.07 Å². The van der Waals surface area contributed by atoms with Gasteiger partial charge in [-0.05, 0) is 172 Å². The van der Waals surface area contributed by atoms with Crippen LogP contribution >= 0.6 is 0 Å². The molecule has 454 valence electrons. The minimum absolute atomic E-state index is 0.0896. The predicted octanol–water partition coefficient (Wildman–Crippen LogP) is 22.3. The lowest BCUT2D eigenvalue weighted by atomic mass is 9.33. The van der Waals surface area contributed by atoms with Crippen molar-refractivity contribution in [3.8, 4) is 33.6 Å². The quantitative estimate of drug-likeness (QED) is 0.161. The highest BCUT2D eigenvalue weighted by molar-refractivity contribution is 7.00. The normalized spacial score (nSPS) is 14.0. The van der Waals surface area contributed by atoms with Gasteiger partial charge in [0, 0.05) is 71.4 Å². The zero-order valence-corrected chi connectivity index (χ0v) is 54.9. The summed E-state index contributed by atoms with van der Waals surface area (Å²) in [5, 5.41) is 13.7. The first kappa shape index (κ1) is 50.7. The van der Waals surface area contributed by atoms with Crippen molar-refractivity contribution in [2.75, 3.05) is 4.90 Å². The summed E-state index contributed by atoms with van der Waals surface area (Å²) in [5.41, 5.74) is 22.2. The van der Waals surface area contributed by atoms with Crippen molar-refractivity contribution in [1.82, 2.24) is 13.5 Å². The number of rotatable bonds is 4. The Morgan fingerprint density at radius 1 is 0.316 bits per heavy atom. The Bertz CT molecular complexity index is 6430. The van der Waals surface area contributed by atoms with Crippen LogP contribution in [0.2, 0.25) is 0 Å². The van der Waals surface area contributed by atoms with Crippen LogP contribution in [0.3, 0.4) is 0 Å². The third kappa shape index (κ3) is 8.08. The molecule has 2 aliphatic heterocycles. The van der Waals surface area contributed by atoms with E-state index in [1.165, 1.54) is 38.2 Å². The van der Waals surface area contributed by atoms with Crippen LogP contribution in [0.4, 0.5) is 17.1 Å². The molecule has 0 saturated carbocycles. The van der Waals surface area contributed by atoms with Gasteiger partial charge in [-0.25, -0.2) is 0 Å². The van der Waals surface area contributed by atoms with Crippen molar-refractivity contribution in [3.05, 3.63) is 283 Å². The van der Waals surface area contributed by atoms with Crippen molar-refractivity contribution in [2.24, 2.45) is 0 Å². The number of hydrogen-bond acceptors (Lipinski definition) is 1. The Balaban J connectivity index is 1.04. The number of aromatic nitrogens is 3. The van der Waals surface area contributed by atoms with Crippen molar-refractivity contribution in [2.45, 2.75) is 78.6 Å². The van der Waals surface area contributed by atoms with Crippen LogP contribution in [0.1, 0.15) is 85.9 Å². The second-order valence-electron chi connectivity index (χ2n) is 29.7. The van der Waals surface area contributed by atoms with Gasteiger partial charge in [-0.2, -0.15) is 0 Å². The van der Waals surface area contributed by atoms with Gasteiger partial charge in [0.1, 0.15) is 0 Å². The van der Waals surface area contributed by atoms with E-state index in [2.05, 4.69) is 311 Å². The fourth-order valence-corrected chi connectivity index (χ4v) is 16.5. The first-order valence-corrected chi connectivity index (χ1v) is 33.4. The van der Waals surface area contributed by atoms with Crippen molar-refractivity contribution < 1.29 is 6.85 Å². The maximum Gasteiger partial charge on any atom is 0.252 e. The number of fused-ring (bicyclic) bond motifs is 21. The first-order valence-electron chi connectivity index (χ1n) is 35.9. The Labute approximate surface area is 561 Å². The molecule has 2 aliphatic rings. The average Bonchev–Trinajstić information content (AvgIpc) is 1.44. The van der Waals surface area contributed by atoms with Gasteiger partial charge in [0.25, 0.3) is 6.71 Å². The summed E-state index contributed by atoms with van der Waals surface area (Å²) in [6.45, 7) is 20.3. The van der Waals surface area contributed by atoms with Crippen LogP contribution < -0.4 is 21.3 Å². The summed E-state index contributed by atoms with van der Waals surface area (Å²) in [6, 6.07) is 86.5. The molecule has 0 N–H and O–H groups in total. The summed E-state index contributed by atoms with van der Waals surface area (Å²) in [7, 11) is 0. The van der Waals surface area contributed by atoms with Gasteiger partial charge in [-0.3, -0.25) is 0 Å². The molecular formula is C90H71BN4. The van der Waals surface area contributed by atoms with E-state index < -0.39 is 12.8 Å². The lowest BCUT2D eigenvalue weighted by Crippen LogP contribution is -2.60. The minimum Gasteiger partial charge on any atom is -0.311 e. The molecule has 0 amide bonds. The van der Waals surface area contributed by atoms with Crippen molar-refractivity contribution in [3.63, 3.8) is 0 Å². The molecule has 0 radical (unpaired) electrons. The summed E-state index contributed by atoms with van der Waals surface area (Å²) in [4.78, 5) is 2.46. The average molecular weight is 1220 g/mol. The number of anilines is 3. The molecule has 13 aromatic carbocycles. The molecule has 95 heavy (non-hydrogen) atoms. The fraction of sp³-hybridized carbons (Fsp3) is 0.133. The predicted molar refractivity (Wildman–Crippen MR) is 409 cm³/mol. The Morgan fingerprint density at radius 2 is 0.832 bits per heavy atom. The van der Waals surface area contributed by atoms with Crippen LogP contribution in [0.15, 0.2) is 267 Å². The molecule has 0 fully saturated rings. The summed E-state index contributed by atoms with van der Waals surface area (Å²) in [5.74, 6) is 0. The molecule has 5 heteroatoms. The molecule has 0 unspecified atom stereocenters. The maximum absolute atomic E-state index is 9.58. The number of benzene rings is 13. The third-order valence-corrected chi connectivity index (χ3v) is 21.1. The SMILES string of the molecule is [2H]c1c([2H])c([2H])c(-c2ccc3c(c2)N(c2ccc(-c4ccccc4)cc2)c2c4c(cc5c2c2cccc6c7ccccc7c7ccccc7c7ccccc7n5c62)-n2c5ccc(C(C)(C)C)cc5c5cc(-n6c7ccc(C(C)(C)C)cc7c7cc(C(C)(C)C)ccc76)cc(c52)B34)c([2H])c1[2H]. The van der Waals surface area contributed by atoms with E-state index in [-0.39, 0.29) is 46.0 Å². The lowest BCUT2D eigenvalue weighted by molar-refractivity contribution is 0.590. The van der Waals surface area contributed by atoms with Gasteiger partial charge in [-0.15, -0.1) is 0 Å². The minimum atomic E-state index is -0.424. The molecule has 17 aromatic rings. The first-order chi connectivity index (χ1) is 48.1. The number of para-hydroxylation sites is 2. The Hall–Kier alpha value is -10.9. The van der Waals surface area contributed by atoms with E-state index in [0.29, 0.717) is 5.56 Å². The monoisotopic (exact) mass is 1220 g/mol. The lowest BCUT2D eigenvalue weighted by Gasteiger charge is -2.41. The van der Waals surface area contributed by atoms with E-state index in [1.54, 1.807) is 0 Å². The molecule has 0 saturated heterocycles. The van der Waals surface area contributed by atoms with E-state index in [9.17, 15) is 2.74 Å². The van der Waals surface area contributed by atoms with Crippen LogP contribution in [-0.2, 0) is 16.2 Å². The van der Waals surface area contributed by atoms with E-state index in [4.69, 9.17) is 4.11 Å². The van der Waals surface area contributed by atoms with Gasteiger partial charge in [0.2, 0.25) is 0 Å². The van der Waals surface area contributed by atoms with Crippen LogP contribution in [-0.4, -0.2) is 20.2 Å². The zero-order chi connectivity index (χ0) is 68.5. The second kappa shape index (κ2) is 19.8. The highest BCUT2D eigenvalue weighted by Gasteiger charge is 2.45. The molecular weight excluding hydrogens is 1150 g/mol. The van der Waals surface area contributed by atoms with Crippen LogP contribution in [0, 0.1) is 0 Å². The fourth-order valence-electron chi connectivity index (χ4n) is 16.5. The molecule has 19 rings (SSSR count).